The van der Waals surface area contributed by atoms with Crippen LogP contribution in [0.5, 0.6) is 0 Å². The highest BCUT2D eigenvalue weighted by molar-refractivity contribution is 6.30. The van der Waals surface area contributed by atoms with Crippen molar-refractivity contribution in [2.75, 3.05) is 32.8 Å². The number of hydrogen-bond donors (Lipinski definition) is 1. The summed E-state index contributed by atoms with van der Waals surface area (Å²) in [5, 5.41) is 3.80. The summed E-state index contributed by atoms with van der Waals surface area (Å²) in [7, 11) is 0. The van der Waals surface area contributed by atoms with Crippen LogP contribution in [0.4, 0.5) is 0 Å². The first-order valence-corrected chi connectivity index (χ1v) is 8.89. The maximum Gasteiger partial charge on any atom is 0.224 e. The number of halogens is 1. The molecule has 0 aliphatic carbocycles. The Hall–Kier alpha value is -1.10. The van der Waals surface area contributed by atoms with Gasteiger partial charge in [-0.05, 0) is 50.4 Å². The number of carbonyl (C=O) groups excluding carboxylic acids is 1. The smallest absolute Gasteiger partial charge is 0.224 e. The van der Waals surface area contributed by atoms with E-state index in [0.717, 1.165) is 50.5 Å². The molecule has 1 aliphatic heterocycles. The minimum atomic E-state index is 0.100. The van der Waals surface area contributed by atoms with E-state index in [-0.39, 0.29) is 11.8 Å². The average molecular weight is 339 g/mol. The van der Waals surface area contributed by atoms with E-state index < -0.39 is 0 Å². The van der Waals surface area contributed by atoms with Gasteiger partial charge in [0.15, 0.2) is 0 Å². The third kappa shape index (κ3) is 6.50. The van der Waals surface area contributed by atoms with Crippen LogP contribution in [0.15, 0.2) is 24.3 Å². The van der Waals surface area contributed by atoms with Crippen molar-refractivity contribution in [3.63, 3.8) is 0 Å². The predicted molar refractivity (Wildman–Crippen MR) is 93.6 cm³/mol. The number of carbonyl (C=O) groups is 1. The monoisotopic (exact) mass is 338 g/mol. The molecule has 128 valence electrons. The maximum absolute atomic E-state index is 12.3. The number of piperidine rings is 1. The molecule has 0 saturated carbocycles. The number of benzene rings is 1. The number of amides is 1. The van der Waals surface area contributed by atoms with Crippen LogP contribution in [0.3, 0.4) is 0 Å². The van der Waals surface area contributed by atoms with Crippen molar-refractivity contribution >= 4 is 17.5 Å². The molecule has 0 bridgehead atoms. The van der Waals surface area contributed by atoms with Gasteiger partial charge in [-0.15, -0.1) is 0 Å². The number of ether oxygens (including phenoxy) is 1. The Morgan fingerprint density at radius 3 is 2.91 bits per heavy atom. The number of rotatable bonds is 8. The van der Waals surface area contributed by atoms with E-state index >= 15 is 0 Å². The van der Waals surface area contributed by atoms with Gasteiger partial charge < -0.3 is 10.1 Å². The van der Waals surface area contributed by atoms with Gasteiger partial charge in [-0.3, -0.25) is 9.69 Å². The molecule has 1 saturated heterocycles. The number of nitrogens with zero attached hydrogens (tertiary/aromatic N) is 1. The first-order valence-electron chi connectivity index (χ1n) is 8.51. The third-order valence-corrected chi connectivity index (χ3v) is 4.42. The summed E-state index contributed by atoms with van der Waals surface area (Å²) in [4.78, 5) is 14.6. The zero-order chi connectivity index (χ0) is 16.5. The van der Waals surface area contributed by atoms with Crippen LogP contribution in [0.1, 0.15) is 31.7 Å². The van der Waals surface area contributed by atoms with Crippen molar-refractivity contribution < 1.29 is 9.53 Å². The van der Waals surface area contributed by atoms with Gasteiger partial charge in [0.05, 0.1) is 5.92 Å². The van der Waals surface area contributed by atoms with E-state index in [9.17, 15) is 4.79 Å². The fourth-order valence-corrected chi connectivity index (χ4v) is 3.06. The van der Waals surface area contributed by atoms with Crippen molar-refractivity contribution in [3.8, 4) is 0 Å². The highest BCUT2D eigenvalue weighted by atomic mass is 35.5. The molecule has 0 unspecified atom stereocenters. The molecule has 2 rings (SSSR count). The lowest BCUT2D eigenvalue weighted by Crippen LogP contribution is -2.43. The lowest BCUT2D eigenvalue weighted by molar-refractivity contribution is -0.126. The molecule has 1 N–H and O–H groups in total. The first kappa shape index (κ1) is 18.2. The van der Waals surface area contributed by atoms with Crippen molar-refractivity contribution in [1.82, 2.24) is 10.2 Å². The van der Waals surface area contributed by atoms with Crippen LogP contribution < -0.4 is 5.32 Å². The molecule has 0 spiro atoms. The van der Waals surface area contributed by atoms with Crippen LogP contribution in [-0.2, 0) is 16.1 Å². The Morgan fingerprint density at radius 2 is 2.17 bits per heavy atom. The Labute approximate surface area is 144 Å². The Morgan fingerprint density at radius 1 is 1.39 bits per heavy atom. The van der Waals surface area contributed by atoms with Crippen molar-refractivity contribution in [1.29, 1.82) is 0 Å². The molecule has 5 heteroatoms. The summed E-state index contributed by atoms with van der Waals surface area (Å²) in [5.74, 6) is 0.283. The third-order valence-electron chi connectivity index (χ3n) is 4.16. The van der Waals surface area contributed by atoms with Gasteiger partial charge in [0.1, 0.15) is 0 Å². The van der Waals surface area contributed by atoms with Gasteiger partial charge in [-0.1, -0.05) is 23.7 Å². The van der Waals surface area contributed by atoms with Gasteiger partial charge in [0.25, 0.3) is 0 Å². The van der Waals surface area contributed by atoms with E-state index in [1.165, 1.54) is 5.56 Å². The highest BCUT2D eigenvalue weighted by Crippen LogP contribution is 2.19. The lowest BCUT2D eigenvalue weighted by atomic mass is 9.96. The highest BCUT2D eigenvalue weighted by Gasteiger charge is 2.25. The van der Waals surface area contributed by atoms with E-state index in [2.05, 4.69) is 22.3 Å². The summed E-state index contributed by atoms with van der Waals surface area (Å²) in [6.45, 7) is 6.89. The summed E-state index contributed by atoms with van der Waals surface area (Å²) in [5.41, 5.74) is 1.24. The Bertz CT molecular complexity index is 478. The van der Waals surface area contributed by atoms with E-state index in [0.29, 0.717) is 13.2 Å². The second kappa shape index (κ2) is 9.91. The van der Waals surface area contributed by atoms with Gasteiger partial charge in [0, 0.05) is 37.9 Å². The molecule has 1 aromatic rings. The first-order chi connectivity index (χ1) is 11.2. The van der Waals surface area contributed by atoms with Crippen LogP contribution in [0.25, 0.3) is 0 Å². The zero-order valence-electron chi connectivity index (χ0n) is 13.9. The SMILES string of the molecule is CCOCCCNC(=O)[C@@H]1CCCN(Cc2ccc(Cl)cc2)C1. The molecular weight excluding hydrogens is 312 g/mol. The lowest BCUT2D eigenvalue weighted by Gasteiger charge is -2.32. The van der Waals surface area contributed by atoms with Crippen molar-refractivity contribution in [3.05, 3.63) is 34.9 Å². The van der Waals surface area contributed by atoms with Crippen LogP contribution in [0.2, 0.25) is 5.02 Å². The molecule has 1 heterocycles. The molecular formula is C18H27ClN2O2. The van der Waals surface area contributed by atoms with Gasteiger partial charge >= 0.3 is 0 Å². The van der Waals surface area contributed by atoms with E-state index in [1.807, 2.05) is 19.1 Å². The van der Waals surface area contributed by atoms with E-state index in [4.69, 9.17) is 16.3 Å². The predicted octanol–water partition coefficient (Wildman–Crippen LogP) is 3.09. The maximum atomic E-state index is 12.3. The second-order valence-corrected chi connectivity index (χ2v) is 6.48. The molecule has 4 nitrogen and oxygen atoms in total. The quantitative estimate of drug-likeness (QED) is 0.741. The topological polar surface area (TPSA) is 41.6 Å². The van der Waals surface area contributed by atoms with Gasteiger partial charge in [-0.25, -0.2) is 0 Å². The Kier molecular flexibility index (Phi) is 7.86. The fraction of sp³-hybridized carbons (Fsp3) is 0.611. The largest absolute Gasteiger partial charge is 0.382 e. The van der Waals surface area contributed by atoms with Crippen LogP contribution in [0, 0.1) is 5.92 Å². The molecule has 1 atom stereocenters. The fourth-order valence-electron chi connectivity index (χ4n) is 2.94. The summed E-state index contributed by atoms with van der Waals surface area (Å²) >= 11 is 5.92. The van der Waals surface area contributed by atoms with Crippen molar-refractivity contribution in [2.24, 2.45) is 5.92 Å². The van der Waals surface area contributed by atoms with Gasteiger partial charge in [0.2, 0.25) is 5.91 Å². The zero-order valence-corrected chi connectivity index (χ0v) is 14.6. The van der Waals surface area contributed by atoms with Crippen LogP contribution in [-0.4, -0.2) is 43.7 Å². The number of nitrogens with one attached hydrogen (secondary N) is 1. The molecule has 1 amide bonds. The molecule has 1 aliphatic rings. The normalized spacial score (nSPS) is 18.8. The van der Waals surface area contributed by atoms with E-state index in [1.54, 1.807) is 0 Å². The second-order valence-electron chi connectivity index (χ2n) is 6.04. The number of hydrogen-bond acceptors (Lipinski definition) is 3. The standard InChI is InChI=1S/C18H27ClN2O2/c1-2-23-12-4-10-20-18(22)16-5-3-11-21(14-16)13-15-6-8-17(19)9-7-15/h6-9,16H,2-5,10-14H2,1H3,(H,20,22)/t16-/m1/s1. The number of likely N-dealkylation sites (tertiary alicyclic amines) is 1. The molecule has 23 heavy (non-hydrogen) atoms. The Balaban J connectivity index is 1.74. The minimum absolute atomic E-state index is 0.100. The summed E-state index contributed by atoms with van der Waals surface area (Å²) < 4.78 is 5.28. The summed E-state index contributed by atoms with van der Waals surface area (Å²) in [6, 6.07) is 7.95. The summed E-state index contributed by atoms with van der Waals surface area (Å²) in [6.07, 6.45) is 2.93. The molecule has 0 aromatic heterocycles. The molecule has 1 fully saturated rings. The van der Waals surface area contributed by atoms with Crippen molar-refractivity contribution in [2.45, 2.75) is 32.7 Å². The minimum Gasteiger partial charge on any atom is -0.382 e. The average Bonchev–Trinajstić information content (AvgIpc) is 2.57. The molecule has 1 aromatic carbocycles. The van der Waals surface area contributed by atoms with Gasteiger partial charge in [-0.2, -0.15) is 0 Å². The molecule has 0 radical (unpaired) electrons. The van der Waals surface area contributed by atoms with Crippen LogP contribution >= 0.6 is 11.6 Å².